The van der Waals surface area contributed by atoms with Crippen molar-refractivity contribution >= 4 is 23.2 Å². The van der Waals surface area contributed by atoms with Gasteiger partial charge in [0.15, 0.2) is 0 Å². The van der Waals surface area contributed by atoms with Gasteiger partial charge in [0, 0.05) is 17.0 Å². The largest absolute Gasteiger partial charge is 0.493 e. The van der Waals surface area contributed by atoms with Crippen LogP contribution in [-0.4, -0.2) is 19.0 Å². The van der Waals surface area contributed by atoms with Gasteiger partial charge < -0.3 is 4.74 Å². The molecule has 7 heteroatoms. The van der Waals surface area contributed by atoms with Crippen molar-refractivity contribution in [2.75, 3.05) is 6.61 Å². The summed E-state index contributed by atoms with van der Waals surface area (Å²) < 4.78 is 56.2. The van der Waals surface area contributed by atoms with Crippen molar-refractivity contribution in [3.63, 3.8) is 0 Å². The molecule has 0 fully saturated rings. The predicted molar refractivity (Wildman–Crippen MR) is 60.2 cm³/mol. The second-order valence-electron chi connectivity index (χ2n) is 3.92. The molecule has 0 bridgehead atoms. The second-order valence-corrected chi connectivity index (χ2v) is 4.79. The minimum atomic E-state index is -4.34. The van der Waals surface area contributed by atoms with E-state index in [1.54, 1.807) is 6.07 Å². The maximum absolute atomic E-state index is 13.2. The molecule has 1 unspecified atom stereocenters. The summed E-state index contributed by atoms with van der Waals surface area (Å²) in [6.45, 7) is 0.298. The molecular weight excluding hydrogens is 295 g/mol. The molecule has 0 saturated carbocycles. The van der Waals surface area contributed by atoms with E-state index in [0.717, 1.165) is 6.07 Å². The van der Waals surface area contributed by atoms with Gasteiger partial charge in [-0.3, -0.25) is 0 Å². The van der Waals surface area contributed by atoms with Crippen LogP contribution in [0.1, 0.15) is 16.5 Å². The Labute approximate surface area is 111 Å². The summed E-state index contributed by atoms with van der Waals surface area (Å²) in [6, 6.07) is 2.69. The first-order chi connectivity index (χ1) is 8.34. The molecule has 0 amide bonds. The Morgan fingerprint density at radius 2 is 1.94 bits per heavy atom. The topological polar surface area (TPSA) is 9.23 Å². The van der Waals surface area contributed by atoms with Crippen LogP contribution in [-0.2, 0) is 6.42 Å². The zero-order chi connectivity index (χ0) is 13.5. The lowest BCUT2D eigenvalue weighted by molar-refractivity contribution is -0.130. The van der Waals surface area contributed by atoms with E-state index < -0.39 is 17.7 Å². The molecule has 1 nitrogen and oxygen atoms in total. The first-order valence-electron chi connectivity index (χ1n) is 5.09. The van der Waals surface area contributed by atoms with E-state index in [2.05, 4.69) is 0 Å². The third kappa shape index (κ3) is 2.26. The molecule has 1 aromatic carbocycles. The van der Waals surface area contributed by atoms with E-state index in [1.165, 1.54) is 0 Å². The smallest absolute Gasteiger partial charge is 0.327 e. The van der Waals surface area contributed by atoms with E-state index in [-0.39, 0.29) is 16.3 Å². The number of ether oxygens (including phenoxy) is 1. The molecule has 1 aromatic rings. The Hall–Kier alpha value is -0.680. The summed E-state index contributed by atoms with van der Waals surface area (Å²) in [7, 11) is 0. The molecule has 0 saturated heterocycles. The fourth-order valence-corrected chi connectivity index (χ4v) is 2.31. The Bertz CT molecular complexity index is 465. The summed E-state index contributed by atoms with van der Waals surface area (Å²) in [5.41, 5.74) is 0.412. The first kappa shape index (κ1) is 13.7. The molecule has 1 aliphatic rings. The fourth-order valence-electron chi connectivity index (χ4n) is 1.80. The number of benzene rings is 1. The highest BCUT2D eigenvalue weighted by Gasteiger charge is 2.50. The van der Waals surface area contributed by atoms with E-state index >= 15 is 0 Å². The number of hydrogen-bond acceptors (Lipinski definition) is 1. The maximum atomic E-state index is 13.2. The van der Waals surface area contributed by atoms with E-state index in [1.807, 2.05) is 0 Å². The second kappa shape index (κ2) is 4.78. The van der Waals surface area contributed by atoms with Crippen molar-refractivity contribution in [2.24, 2.45) is 0 Å². The molecule has 0 spiro atoms. The van der Waals surface area contributed by atoms with E-state index in [4.69, 9.17) is 27.9 Å². The Morgan fingerprint density at radius 1 is 1.28 bits per heavy atom. The SMILES string of the molecule is FC(F)C(F)(F)C(Cl)c1cc(Cl)cc2c1OCC2. The van der Waals surface area contributed by atoms with Crippen LogP contribution < -0.4 is 4.74 Å². The van der Waals surface area contributed by atoms with Gasteiger partial charge >= 0.3 is 12.3 Å². The Kier molecular flexibility index (Phi) is 3.65. The molecule has 0 aromatic heterocycles. The summed E-state index contributed by atoms with van der Waals surface area (Å²) in [5.74, 6) is -4.20. The highest BCUT2D eigenvalue weighted by atomic mass is 35.5. The number of hydrogen-bond donors (Lipinski definition) is 0. The number of halogens is 6. The summed E-state index contributed by atoms with van der Waals surface area (Å²) >= 11 is 11.2. The Morgan fingerprint density at radius 3 is 2.56 bits per heavy atom. The van der Waals surface area contributed by atoms with Gasteiger partial charge in [-0.1, -0.05) is 11.6 Å². The summed E-state index contributed by atoms with van der Waals surface area (Å²) in [4.78, 5) is 0. The Balaban J connectivity index is 2.46. The molecule has 0 aliphatic carbocycles. The van der Waals surface area contributed by atoms with Crippen LogP contribution in [0.2, 0.25) is 5.02 Å². The van der Waals surface area contributed by atoms with Crippen LogP contribution in [0, 0.1) is 0 Å². The van der Waals surface area contributed by atoms with Crippen molar-refractivity contribution < 1.29 is 22.3 Å². The van der Waals surface area contributed by atoms with E-state index in [9.17, 15) is 17.6 Å². The highest BCUT2D eigenvalue weighted by Crippen LogP contribution is 2.47. The van der Waals surface area contributed by atoms with Gasteiger partial charge in [-0.25, -0.2) is 8.78 Å². The third-order valence-electron chi connectivity index (χ3n) is 2.68. The van der Waals surface area contributed by atoms with Gasteiger partial charge in [0.05, 0.1) is 6.61 Å². The first-order valence-corrected chi connectivity index (χ1v) is 5.90. The average molecular weight is 303 g/mol. The lowest BCUT2D eigenvalue weighted by Crippen LogP contribution is -2.31. The number of fused-ring (bicyclic) bond motifs is 1. The average Bonchev–Trinajstić information content (AvgIpc) is 2.74. The van der Waals surface area contributed by atoms with Gasteiger partial charge in [-0.05, 0) is 17.7 Å². The monoisotopic (exact) mass is 302 g/mol. The standard InChI is InChI=1S/C11H8Cl2F4O/c12-6-3-5-1-2-18-8(5)7(4-6)9(13)11(16,17)10(14)15/h3-4,9-10H,1-2H2. The lowest BCUT2D eigenvalue weighted by Gasteiger charge is -2.22. The molecule has 18 heavy (non-hydrogen) atoms. The van der Waals surface area contributed by atoms with Gasteiger partial charge in [-0.2, -0.15) is 8.78 Å². The van der Waals surface area contributed by atoms with Crippen LogP contribution in [0.25, 0.3) is 0 Å². The van der Waals surface area contributed by atoms with Crippen LogP contribution in [0.15, 0.2) is 12.1 Å². The molecule has 0 N–H and O–H groups in total. The maximum Gasteiger partial charge on any atom is 0.327 e. The quantitative estimate of drug-likeness (QED) is 0.592. The fraction of sp³-hybridized carbons (Fsp3) is 0.455. The van der Waals surface area contributed by atoms with Crippen LogP contribution in [0.3, 0.4) is 0 Å². The highest BCUT2D eigenvalue weighted by molar-refractivity contribution is 6.31. The van der Waals surface area contributed by atoms with Crippen molar-refractivity contribution in [3.05, 3.63) is 28.3 Å². The minimum Gasteiger partial charge on any atom is -0.493 e. The minimum absolute atomic E-state index is 0.139. The summed E-state index contributed by atoms with van der Waals surface area (Å²) in [5, 5.41) is -2.01. The molecular formula is C11H8Cl2F4O. The van der Waals surface area contributed by atoms with Crippen molar-refractivity contribution in [2.45, 2.75) is 24.1 Å². The van der Waals surface area contributed by atoms with Crippen molar-refractivity contribution in [1.82, 2.24) is 0 Å². The van der Waals surface area contributed by atoms with Gasteiger partial charge in [0.25, 0.3) is 0 Å². The molecule has 1 heterocycles. The van der Waals surface area contributed by atoms with Crippen LogP contribution in [0.4, 0.5) is 17.6 Å². The molecule has 100 valence electrons. The molecule has 1 atom stereocenters. The number of alkyl halides is 5. The van der Waals surface area contributed by atoms with Crippen LogP contribution >= 0.6 is 23.2 Å². The predicted octanol–water partition coefficient (Wildman–Crippen LogP) is 4.46. The van der Waals surface area contributed by atoms with Gasteiger partial charge in [-0.15, -0.1) is 11.6 Å². The van der Waals surface area contributed by atoms with Crippen molar-refractivity contribution in [3.8, 4) is 5.75 Å². The lowest BCUT2D eigenvalue weighted by atomic mass is 10.0. The third-order valence-corrected chi connectivity index (χ3v) is 3.42. The van der Waals surface area contributed by atoms with Gasteiger partial charge in [0.1, 0.15) is 11.1 Å². The zero-order valence-corrected chi connectivity index (χ0v) is 10.4. The van der Waals surface area contributed by atoms with Gasteiger partial charge in [0.2, 0.25) is 0 Å². The van der Waals surface area contributed by atoms with Crippen LogP contribution in [0.5, 0.6) is 5.75 Å². The van der Waals surface area contributed by atoms with Crippen molar-refractivity contribution in [1.29, 1.82) is 0 Å². The van der Waals surface area contributed by atoms with E-state index in [0.29, 0.717) is 18.6 Å². The molecule has 1 aliphatic heterocycles. The number of rotatable bonds is 3. The summed E-state index contributed by atoms with van der Waals surface area (Å²) in [6.07, 6.45) is -3.36. The molecule has 2 rings (SSSR count). The molecule has 0 radical (unpaired) electrons. The zero-order valence-electron chi connectivity index (χ0n) is 8.90. The normalized spacial score (nSPS) is 16.6.